The predicted octanol–water partition coefficient (Wildman–Crippen LogP) is 2.30. The summed E-state index contributed by atoms with van der Waals surface area (Å²) in [7, 11) is 1.53. The Bertz CT molecular complexity index is 665. The molecule has 1 aliphatic rings. The number of methoxy groups -OCH3 is 1. The average Bonchev–Trinajstić information content (AvgIpc) is 3.14. The van der Waals surface area contributed by atoms with Crippen molar-refractivity contribution in [1.29, 1.82) is 0 Å². The van der Waals surface area contributed by atoms with Crippen LogP contribution in [0.25, 0.3) is 0 Å². The molecule has 2 aromatic rings. The monoisotopic (exact) mass is 348 g/mol. The first kappa shape index (κ1) is 16.5. The Balaban J connectivity index is 1.54. The molecule has 3 rings (SSSR count). The van der Waals surface area contributed by atoms with Gasteiger partial charge in [0.2, 0.25) is 0 Å². The molecule has 3 heterocycles. The summed E-state index contributed by atoms with van der Waals surface area (Å²) in [5.74, 6) is 0.725. The Hall–Kier alpha value is -2.35. The lowest BCUT2D eigenvalue weighted by Gasteiger charge is -2.32. The van der Waals surface area contributed by atoms with E-state index in [0.29, 0.717) is 24.8 Å². The highest BCUT2D eigenvalue weighted by Gasteiger charge is 2.26. The number of ether oxygens (including phenoxy) is 2. The molecule has 1 N–H and O–H groups in total. The number of amides is 2. The summed E-state index contributed by atoms with van der Waals surface area (Å²) in [4.78, 5) is 23.5. The normalized spacial score (nSPS) is 17.4. The fourth-order valence-electron chi connectivity index (χ4n) is 2.60. The molecule has 0 aliphatic carbocycles. The van der Waals surface area contributed by atoms with Gasteiger partial charge in [-0.3, -0.25) is 0 Å². The zero-order chi connectivity index (χ0) is 16.8. The zero-order valence-corrected chi connectivity index (χ0v) is 14.3. The summed E-state index contributed by atoms with van der Waals surface area (Å²) in [6.45, 7) is 1.81. The SMILES string of the molecule is COc1nccnc1OC1CCCN(C(=O)NCc2cccs2)C1. The van der Waals surface area contributed by atoms with E-state index in [1.54, 1.807) is 28.6 Å². The highest BCUT2D eigenvalue weighted by Crippen LogP contribution is 2.23. The Labute approximate surface area is 144 Å². The van der Waals surface area contributed by atoms with E-state index in [0.717, 1.165) is 24.3 Å². The lowest BCUT2D eigenvalue weighted by atomic mass is 10.1. The Kier molecular flexibility index (Phi) is 5.47. The minimum atomic E-state index is -0.114. The van der Waals surface area contributed by atoms with Crippen molar-refractivity contribution in [2.24, 2.45) is 0 Å². The first-order chi connectivity index (χ1) is 11.8. The van der Waals surface area contributed by atoms with Gasteiger partial charge in [0.25, 0.3) is 11.8 Å². The molecule has 128 valence electrons. The van der Waals surface area contributed by atoms with E-state index < -0.39 is 0 Å². The third-order valence-corrected chi connectivity index (χ3v) is 4.64. The maximum absolute atomic E-state index is 12.3. The van der Waals surface area contributed by atoms with Crippen molar-refractivity contribution in [2.75, 3.05) is 20.2 Å². The smallest absolute Gasteiger partial charge is 0.317 e. The van der Waals surface area contributed by atoms with Crippen LogP contribution < -0.4 is 14.8 Å². The number of carbonyl (C=O) groups is 1. The van der Waals surface area contributed by atoms with Crippen molar-refractivity contribution >= 4 is 17.4 Å². The molecule has 2 aromatic heterocycles. The van der Waals surface area contributed by atoms with Crippen molar-refractivity contribution in [3.05, 3.63) is 34.8 Å². The number of nitrogens with zero attached hydrogens (tertiary/aromatic N) is 3. The molecule has 0 radical (unpaired) electrons. The molecule has 1 atom stereocenters. The fraction of sp³-hybridized carbons (Fsp3) is 0.438. The number of aromatic nitrogens is 2. The number of thiophene rings is 1. The van der Waals surface area contributed by atoms with E-state index in [1.165, 1.54) is 7.11 Å². The van der Waals surface area contributed by atoms with Crippen LogP contribution >= 0.6 is 11.3 Å². The molecule has 1 unspecified atom stereocenters. The average molecular weight is 348 g/mol. The van der Waals surface area contributed by atoms with Gasteiger partial charge < -0.3 is 19.7 Å². The maximum Gasteiger partial charge on any atom is 0.317 e. The van der Waals surface area contributed by atoms with Crippen LogP contribution in [-0.4, -0.2) is 47.2 Å². The van der Waals surface area contributed by atoms with Gasteiger partial charge in [0.1, 0.15) is 6.10 Å². The van der Waals surface area contributed by atoms with Crippen molar-refractivity contribution in [1.82, 2.24) is 20.2 Å². The first-order valence-corrected chi connectivity index (χ1v) is 8.71. The van der Waals surface area contributed by atoms with Gasteiger partial charge in [0, 0.05) is 23.8 Å². The molecular weight excluding hydrogens is 328 g/mol. The van der Waals surface area contributed by atoms with E-state index in [-0.39, 0.29) is 12.1 Å². The molecule has 2 amide bonds. The van der Waals surface area contributed by atoms with Crippen LogP contribution in [0.5, 0.6) is 11.8 Å². The van der Waals surface area contributed by atoms with Crippen LogP contribution in [0.3, 0.4) is 0 Å². The third-order valence-electron chi connectivity index (χ3n) is 3.76. The highest BCUT2D eigenvalue weighted by atomic mass is 32.1. The van der Waals surface area contributed by atoms with Crippen molar-refractivity contribution in [3.63, 3.8) is 0 Å². The molecule has 8 heteroatoms. The maximum atomic E-state index is 12.3. The molecule has 1 fully saturated rings. The van der Waals surface area contributed by atoms with E-state index in [1.807, 2.05) is 17.5 Å². The molecule has 0 saturated carbocycles. The second-order valence-electron chi connectivity index (χ2n) is 5.44. The summed E-state index contributed by atoms with van der Waals surface area (Å²) in [6, 6.07) is 3.92. The van der Waals surface area contributed by atoms with Gasteiger partial charge >= 0.3 is 6.03 Å². The summed E-state index contributed by atoms with van der Waals surface area (Å²) < 4.78 is 11.0. The molecular formula is C16H20N4O3S. The zero-order valence-electron chi connectivity index (χ0n) is 13.5. The number of carbonyl (C=O) groups excluding carboxylic acids is 1. The molecule has 0 spiro atoms. The van der Waals surface area contributed by atoms with Crippen molar-refractivity contribution in [2.45, 2.75) is 25.5 Å². The van der Waals surface area contributed by atoms with Crippen LogP contribution in [0.1, 0.15) is 17.7 Å². The van der Waals surface area contributed by atoms with Crippen LogP contribution in [0.4, 0.5) is 4.79 Å². The number of nitrogens with one attached hydrogen (secondary N) is 1. The molecule has 7 nitrogen and oxygen atoms in total. The third kappa shape index (κ3) is 4.14. The number of rotatable bonds is 5. The van der Waals surface area contributed by atoms with Gasteiger partial charge in [-0.1, -0.05) is 6.07 Å². The second-order valence-corrected chi connectivity index (χ2v) is 6.47. The lowest BCUT2D eigenvalue weighted by Crippen LogP contribution is -2.48. The van der Waals surface area contributed by atoms with Gasteiger partial charge in [0.05, 0.1) is 20.2 Å². The quantitative estimate of drug-likeness (QED) is 0.897. The largest absolute Gasteiger partial charge is 0.477 e. The Morgan fingerprint density at radius 2 is 2.25 bits per heavy atom. The summed E-state index contributed by atoms with van der Waals surface area (Å²) in [6.07, 6.45) is 4.76. The lowest BCUT2D eigenvalue weighted by molar-refractivity contribution is 0.0943. The van der Waals surface area contributed by atoms with Gasteiger partial charge in [0.15, 0.2) is 0 Å². The molecule has 1 saturated heterocycles. The minimum Gasteiger partial charge on any atom is -0.477 e. The summed E-state index contributed by atoms with van der Waals surface area (Å²) >= 11 is 1.63. The Morgan fingerprint density at radius 3 is 3.00 bits per heavy atom. The van der Waals surface area contributed by atoms with Crippen LogP contribution in [-0.2, 0) is 6.54 Å². The summed E-state index contributed by atoms with van der Waals surface area (Å²) in [5.41, 5.74) is 0. The summed E-state index contributed by atoms with van der Waals surface area (Å²) in [5, 5.41) is 4.95. The molecule has 0 bridgehead atoms. The standard InChI is InChI=1S/C16H20N4O3S/c1-22-14-15(18-7-6-17-14)23-12-4-2-8-20(11-12)16(21)19-10-13-5-3-9-24-13/h3,5-7,9,12H,2,4,8,10-11H2,1H3,(H,19,21). The predicted molar refractivity (Wildman–Crippen MR) is 90.4 cm³/mol. The van der Waals surface area contributed by atoms with Crippen molar-refractivity contribution in [3.8, 4) is 11.8 Å². The van der Waals surface area contributed by atoms with E-state index in [9.17, 15) is 4.79 Å². The molecule has 1 aliphatic heterocycles. The number of urea groups is 1. The minimum absolute atomic E-state index is 0.0668. The highest BCUT2D eigenvalue weighted by molar-refractivity contribution is 7.09. The number of hydrogen-bond donors (Lipinski definition) is 1. The van der Waals surface area contributed by atoms with Gasteiger partial charge in [-0.15, -0.1) is 11.3 Å². The van der Waals surface area contributed by atoms with Gasteiger partial charge in [-0.2, -0.15) is 0 Å². The topological polar surface area (TPSA) is 76.6 Å². The van der Waals surface area contributed by atoms with Crippen LogP contribution in [0, 0.1) is 0 Å². The second kappa shape index (κ2) is 7.96. The first-order valence-electron chi connectivity index (χ1n) is 7.83. The van der Waals surface area contributed by atoms with Gasteiger partial charge in [-0.25, -0.2) is 14.8 Å². The Morgan fingerprint density at radius 1 is 1.42 bits per heavy atom. The number of hydrogen-bond acceptors (Lipinski definition) is 6. The van der Waals surface area contributed by atoms with Crippen LogP contribution in [0.15, 0.2) is 29.9 Å². The van der Waals surface area contributed by atoms with E-state index >= 15 is 0 Å². The van der Waals surface area contributed by atoms with E-state index in [4.69, 9.17) is 9.47 Å². The van der Waals surface area contributed by atoms with E-state index in [2.05, 4.69) is 15.3 Å². The molecule has 24 heavy (non-hydrogen) atoms. The van der Waals surface area contributed by atoms with Crippen LogP contribution in [0.2, 0.25) is 0 Å². The van der Waals surface area contributed by atoms with Gasteiger partial charge in [-0.05, 0) is 24.3 Å². The molecule has 0 aromatic carbocycles. The number of likely N-dealkylation sites (tertiary alicyclic amines) is 1. The number of piperidine rings is 1. The fourth-order valence-corrected chi connectivity index (χ4v) is 3.24. The van der Waals surface area contributed by atoms with Crippen molar-refractivity contribution < 1.29 is 14.3 Å².